The molecule has 27 heavy (non-hydrogen) atoms. The number of ether oxygens (including phenoxy) is 1. The van der Waals surface area contributed by atoms with Crippen molar-refractivity contribution >= 4 is 12.2 Å². The second-order valence-electron chi connectivity index (χ2n) is 6.53. The Bertz CT molecular complexity index is 369. The van der Waals surface area contributed by atoms with Crippen LogP contribution in [0.3, 0.4) is 0 Å². The zero-order chi connectivity index (χ0) is 21.7. The van der Waals surface area contributed by atoms with Crippen molar-refractivity contribution in [1.82, 2.24) is 10.2 Å². The number of hydrogen-bond acceptors (Lipinski definition) is 4. The highest BCUT2D eigenvalue weighted by atomic mass is 16.5. The Balaban J connectivity index is -0.000000481. The highest BCUT2D eigenvalue weighted by molar-refractivity contribution is 5.80. The second-order valence-corrected chi connectivity index (χ2v) is 6.53. The number of hydrogen-bond donors (Lipinski definition) is 1. The third-order valence-corrected chi connectivity index (χ3v) is 3.32. The van der Waals surface area contributed by atoms with E-state index in [1.807, 2.05) is 32.6 Å². The van der Waals surface area contributed by atoms with Crippen LogP contribution in [0.5, 0.6) is 0 Å². The molecule has 1 aliphatic heterocycles. The van der Waals surface area contributed by atoms with Crippen LogP contribution in [0.4, 0.5) is 0 Å². The van der Waals surface area contributed by atoms with Crippen molar-refractivity contribution in [3.8, 4) is 0 Å². The molecule has 0 saturated heterocycles. The van der Waals surface area contributed by atoms with Crippen LogP contribution in [0.1, 0.15) is 81.1 Å². The minimum absolute atomic E-state index is 0.00783. The number of rotatable bonds is 8. The normalized spacial score (nSPS) is 13.3. The summed E-state index contributed by atoms with van der Waals surface area (Å²) in [7, 11) is 1.67. The average Bonchev–Trinajstić information content (AvgIpc) is 3.14. The topological polar surface area (TPSA) is 58.6 Å². The van der Waals surface area contributed by atoms with Crippen molar-refractivity contribution in [2.45, 2.75) is 87.2 Å². The fraction of sp³-hybridized carbons (Fsp3) is 0.818. The second kappa shape index (κ2) is 22.8. The van der Waals surface area contributed by atoms with Gasteiger partial charge in [-0.3, -0.25) is 4.79 Å². The fourth-order valence-electron chi connectivity index (χ4n) is 2.04. The van der Waals surface area contributed by atoms with Crippen LogP contribution >= 0.6 is 0 Å². The van der Waals surface area contributed by atoms with Crippen LogP contribution in [-0.2, 0) is 14.3 Å². The number of carbonyl (C=O) groups excluding carboxylic acids is 2. The quantitative estimate of drug-likeness (QED) is 0.608. The minimum Gasteiger partial charge on any atom is -0.376 e. The van der Waals surface area contributed by atoms with Gasteiger partial charge in [0.25, 0.3) is 0 Å². The van der Waals surface area contributed by atoms with Gasteiger partial charge >= 0.3 is 0 Å². The Morgan fingerprint density at radius 3 is 2.19 bits per heavy atom. The van der Waals surface area contributed by atoms with E-state index in [0.717, 1.165) is 37.9 Å². The van der Waals surface area contributed by atoms with Crippen LogP contribution in [-0.4, -0.2) is 49.9 Å². The molecule has 1 atom stereocenters. The lowest BCUT2D eigenvalue weighted by Gasteiger charge is -2.24. The Morgan fingerprint density at radius 2 is 1.81 bits per heavy atom. The summed E-state index contributed by atoms with van der Waals surface area (Å²) in [6, 6.07) is 0. The molecule has 0 bridgehead atoms. The summed E-state index contributed by atoms with van der Waals surface area (Å²) in [5.74, 6) is 0.701. The van der Waals surface area contributed by atoms with Crippen LogP contribution in [0.15, 0.2) is 11.8 Å². The maximum absolute atomic E-state index is 12.0. The molecule has 0 aliphatic carbocycles. The predicted molar refractivity (Wildman–Crippen MR) is 117 cm³/mol. The summed E-state index contributed by atoms with van der Waals surface area (Å²) in [6.45, 7) is 18.5. The van der Waals surface area contributed by atoms with Gasteiger partial charge in [0.2, 0.25) is 5.91 Å². The van der Waals surface area contributed by atoms with E-state index in [-0.39, 0.29) is 12.0 Å². The van der Waals surface area contributed by atoms with Gasteiger partial charge in [-0.25, -0.2) is 0 Å². The lowest BCUT2D eigenvalue weighted by Crippen LogP contribution is -2.39. The van der Waals surface area contributed by atoms with Gasteiger partial charge in [0.15, 0.2) is 0 Å². The molecule has 0 aromatic carbocycles. The van der Waals surface area contributed by atoms with Crippen molar-refractivity contribution in [2.24, 2.45) is 5.92 Å². The summed E-state index contributed by atoms with van der Waals surface area (Å²) >= 11 is 0. The molecule has 0 aromatic rings. The first kappa shape index (κ1) is 30.5. The van der Waals surface area contributed by atoms with Gasteiger partial charge in [-0.2, -0.15) is 0 Å². The van der Waals surface area contributed by atoms with Gasteiger partial charge in [0.05, 0.1) is 12.6 Å². The van der Waals surface area contributed by atoms with E-state index < -0.39 is 0 Å². The molecule has 1 heterocycles. The van der Waals surface area contributed by atoms with Crippen molar-refractivity contribution in [1.29, 1.82) is 0 Å². The van der Waals surface area contributed by atoms with Gasteiger partial charge in [0.1, 0.15) is 6.29 Å². The van der Waals surface area contributed by atoms with Crippen molar-refractivity contribution in [3.05, 3.63) is 11.8 Å². The lowest BCUT2D eigenvalue weighted by molar-refractivity contribution is -0.128. The van der Waals surface area contributed by atoms with Gasteiger partial charge in [-0.05, 0) is 32.2 Å². The largest absolute Gasteiger partial charge is 0.376 e. The molecule has 1 amide bonds. The molecule has 0 aromatic heterocycles. The van der Waals surface area contributed by atoms with E-state index in [1.54, 1.807) is 7.11 Å². The Kier molecular flexibility index (Phi) is 25.8. The van der Waals surface area contributed by atoms with Crippen LogP contribution < -0.4 is 5.32 Å². The van der Waals surface area contributed by atoms with E-state index in [4.69, 9.17) is 4.74 Å². The Hall–Kier alpha value is -1.20. The van der Waals surface area contributed by atoms with E-state index in [1.165, 1.54) is 6.42 Å². The number of amides is 1. The van der Waals surface area contributed by atoms with Crippen LogP contribution in [0.2, 0.25) is 0 Å². The number of aldehydes is 1. The van der Waals surface area contributed by atoms with Crippen molar-refractivity contribution in [3.63, 3.8) is 0 Å². The molecule has 162 valence electrons. The van der Waals surface area contributed by atoms with E-state index >= 15 is 0 Å². The summed E-state index contributed by atoms with van der Waals surface area (Å²) < 4.78 is 5.27. The van der Waals surface area contributed by atoms with E-state index in [9.17, 15) is 9.59 Å². The number of nitrogens with one attached hydrogen (secondary N) is 1. The summed E-state index contributed by atoms with van der Waals surface area (Å²) in [5, 5.41) is 3.18. The summed E-state index contributed by atoms with van der Waals surface area (Å²) in [5.41, 5.74) is 1.00. The molecule has 5 heteroatoms. The average molecular weight is 387 g/mol. The molecule has 0 radical (unpaired) electrons. The van der Waals surface area contributed by atoms with Crippen molar-refractivity contribution < 1.29 is 14.3 Å². The first-order chi connectivity index (χ1) is 12.9. The molecule has 5 nitrogen and oxygen atoms in total. The number of nitrogens with zero attached hydrogens (tertiary/aromatic N) is 1. The van der Waals surface area contributed by atoms with Gasteiger partial charge in [0, 0.05) is 25.8 Å². The summed E-state index contributed by atoms with van der Waals surface area (Å²) in [4.78, 5) is 23.3. The molecule has 1 aliphatic rings. The van der Waals surface area contributed by atoms with Gasteiger partial charge in [-0.15, -0.1) is 0 Å². The predicted octanol–water partition coefficient (Wildman–Crippen LogP) is 4.81. The smallest absolute Gasteiger partial charge is 0.240 e. The van der Waals surface area contributed by atoms with Gasteiger partial charge in [-0.1, -0.05) is 61.0 Å². The fourth-order valence-corrected chi connectivity index (χ4v) is 2.04. The van der Waals surface area contributed by atoms with Crippen molar-refractivity contribution in [2.75, 3.05) is 26.7 Å². The highest BCUT2D eigenvalue weighted by Crippen LogP contribution is 2.19. The van der Waals surface area contributed by atoms with E-state index in [0.29, 0.717) is 18.9 Å². The molecule has 1 unspecified atom stereocenters. The minimum atomic E-state index is -0.00783. The summed E-state index contributed by atoms with van der Waals surface area (Å²) in [6.07, 6.45) is 6.88. The number of carbonyl (C=O) groups is 2. The Labute approximate surface area is 168 Å². The lowest BCUT2D eigenvalue weighted by atomic mass is 10.2. The highest BCUT2D eigenvalue weighted by Gasteiger charge is 2.25. The van der Waals surface area contributed by atoms with Gasteiger partial charge < -0.3 is 19.7 Å². The van der Waals surface area contributed by atoms with Crippen LogP contribution in [0.25, 0.3) is 0 Å². The molecule has 0 saturated carbocycles. The third kappa shape index (κ3) is 17.9. The maximum Gasteiger partial charge on any atom is 0.240 e. The number of unbranched alkanes of at least 4 members (excludes halogenated alkanes) is 1. The molecular formula is C22H46N2O3. The zero-order valence-electron chi connectivity index (χ0n) is 19.4. The molecule has 0 spiro atoms. The molecule has 0 fully saturated rings. The molecular weight excluding hydrogens is 340 g/mol. The maximum atomic E-state index is 12.0. The third-order valence-electron chi connectivity index (χ3n) is 3.32. The van der Waals surface area contributed by atoms with Crippen LogP contribution in [0, 0.1) is 5.92 Å². The molecule has 1 N–H and O–H groups in total. The zero-order valence-corrected chi connectivity index (χ0v) is 19.4. The first-order valence-electron chi connectivity index (χ1n) is 10.6. The first-order valence-corrected chi connectivity index (χ1v) is 10.6. The molecule has 1 rings (SSSR count). The monoisotopic (exact) mass is 386 g/mol. The van der Waals surface area contributed by atoms with E-state index in [2.05, 4.69) is 39.1 Å². The number of methoxy groups -OCH3 is 1. The Morgan fingerprint density at radius 1 is 1.26 bits per heavy atom. The SMILES string of the molecule is CC.CCC.CCCC=O.COC(C)C1=CCCN1C(=O)CNCC(C)C. The standard InChI is InChI=1S/C13H24N2O2.C4H8O.C3H8.C2H6/c1-10(2)8-14-9-13(16)15-7-5-6-12(15)11(3)17-4;1-2-3-4-5;1-3-2;1-2/h6,10-11,14H,5,7-9H2,1-4H3;4H,2-3H2,1H3;3H2,1-2H3;1-2H3.